The first-order valence-corrected chi connectivity index (χ1v) is 3.56. The van der Waals surface area contributed by atoms with E-state index < -0.39 is 0 Å². The summed E-state index contributed by atoms with van der Waals surface area (Å²) in [4.78, 5) is 0. The summed E-state index contributed by atoms with van der Waals surface area (Å²) in [7, 11) is 3.35. The van der Waals surface area contributed by atoms with E-state index in [9.17, 15) is 0 Å². The molecule has 1 rings (SSSR count). The summed E-state index contributed by atoms with van der Waals surface area (Å²) in [6.45, 7) is 0.745. The largest absolute Gasteiger partial charge is 0.353 e. The third kappa shape index (κ3) is 1.17. The van der Waals surface area contributed by atoms with Crippen LogP contribution in [0.4, 0.5) is 0 Å². The van der Waals surface area contributed by atoms with Gasteiger partial charge in [0, 0.05) is 27.1 Å². The van der Waals surface area contributed by atoms with E-state index in [2.05, 4.69) is 0 Å². The molecule has 0 heterocycles. The topological polar surface area (TPSA) is 44.5 Å². The first kappa shape index (κ1) is 7.98. The van der Waals surface area contributed by atoms with E-state index in [1.165, 1.54) is 0 Å². The Bertz CT molecular complexity index is 104. The number of hydrogen-bond donors (Lipinski definition) is 1. The molecule has 0 radical (unpaired) electrons. The first-order chi connectivity index (χ1) is 4.76. The summed E-state index contributed by atoms with van der Waals surface area (Å²) in [5.41, 5.74) is 5.45. The second-order valence-electron chi connectivity index (χ2n) is 2.83. The molecule has 0 aromatic carbocycles. The molecule has 0 amide bonds. The van der Waals surface area contributed by atoms with Crippen molar-refractivity contribution in [2.24, 2.45) is 11.7 Å². The molecule has 0 aliphatic heterocycles. The fourth-order valence-corrected chi connectivity index (χ4v) is 1.40. The lowest BCUT2D eigenvalue weighted by Gasteiger charge is -2.44. The number of hydrogen-bond acceptors (Lipinski definition) is 3. The SMILES string of the molecule is COC1(OC)CC(CN)C1. The van der Waals surface area contributed by atoms with Gasteiger partial charge in [0.15, 0.2) is 5.79 Å². The molecule has 1 fully saturated rings. The van der Waals surface area contributed by atoms with E-state index in [-0.39, 0.29) is 5.79 Å². The highest BCUT2D eigenvalue weighted by Crippen LogP contribution is 2.40. The highest BCUT2D eigenvalue weighted by atomic mass is 16.7. The van der Waals surface area contributed by atoms with Gasteiger partial charge in [-0.1, -0.05) is 0 Å². The van der Waals surface area contributed by atoms with E-state index in [0.717, 1.165) is 19.4 Å². The second-order valence-corrected chi connectivity index (χ2v) is 2.83. The van der Waals surface area contributed by atoms with Gasteiger partial charge in [-0.15, -0.1) is 0 Å². The quantitative estimate of drug-likeness (QED) is 0.582. The molecule has 1 saturated carbocycles. The lowest BCUT2D eigenvalue weighted by atomic mass is 9.79. The lowest BCUT2D eigenvalue weighted by Crippen LogP contribution is -2.49. The van der Waals surface area contributed by atoms with Crippen LogP contribution in [0.25, 0.3) is 0 Å². The summed E-state index contributed by atoms with van der Waals surface area (Å²) in [6, 6.07) is 0. The van der Waals surface area contributed by atoms with Gasteiger partial charge in [0.2, 0.25) is 0 Å². The summed E-state index contributed by atoms with van der Waals surface area (Å²) in [5.74, 6) is 0.296. The number of rotatable bonds is 3. The summed E-state index contributed by atoms with van der Waals surface area (Å²) < 4.78 is 10.4. The molecule has 0 spiro atoms. The smallest absolute Gasteiger partial charge is 0.168 e. The molecule has 0 atom stereocenters. The Morgan fingerprint density at radius 1 is 1.40 bits per heavy atom. The maximum absolute atomic E-state index is 5.45. The van der Waals surface area contributed by atoms with Crippen LogP contribution in [0.3, 0.4) is 0 Å². The number of nitrogens with two attached hydrogens (primary N) is 1. The van der Waals surface area contributed by atoms with Crippen molar-refractivity contribution in [1.82, 2.24) is 0 Å². The average Bonchev–Trinajstić information content (AvgIpc) is 1.89. The molecule has 60 valence electrons. The third-order valence-electron chi connectivity index (χ3n) is 2.28. The highest BCUT2D eigenvalue weighted by Gasteiger charge is 2.44. The van der Waals surface area contributed by atoms with E-state index in [1.807, 2.05) is 0 Å². The lowest BCUT2D eigenvalue weighted by molar-refractivity contribution is -0.268. The van der Waals surface area contributed by atoms with Crippen molar-refractivity contribution in [3.05, 3.63) is 0 Å². The molecule has 0 aromatic heterocycles. The molecule has 3 nitrogen and oxygen atoms in total. The van der Waals surface area contributed by atoms with Gasteiger partial charge in [-0.05, 0) is 12.5 Å². The molecule has 0 bridgehead atoms. The predicted molar refractivity (Wildman–Crippen MR) is 38.5 cm³/mol. The van der Waals surface area contributed by atoms with Gasteiger partial charge >= 0.3 is 0 Å². The van der Waals surface area contributed by atoms with E-state index >= 15 is 0 Å². The minimum Gasteiger partial charge on any atom is -0.353 e. The van der Waals surface area contributed by atoms with Gasteiger partial charge in [-0.2, -0.15) is 0 Å². The van der Waals surface area contributed by atoms with Crippen LogP contribution in [0, 0.1) is 5.92 Å². The minimum absolute atomic E-state index is 0.302. The first-order valence-electron chi connectivity index (χ1n) is 3.56. The maximum atomic E-state index is 5.45. The molecule has 2 N–H and O–H groups in total. The monoisotopic (exact) mass is 145 g/mol. The Labute approximate surface area is 61.5 Å². The summed E-state index contributed by atoms with van der Waals surface area (Å²) >= 11 is 0. The average molecular weight is 145 g/mol. The van der Waals surface area contributed by atoms with Crippen molar-refractivity contribution >= 4 is 0 Å². The number of methoxy groups -OCH3 is 2. The fraction of sp³-hybridized carbons (Fsp3) is 1.00. The molecule has 10 heavy (non-hydrogen) atoms. The molecule has 3 heteroatoms. The standard InChI is InChI=1S/C7H15NO2/c1-9-7(10-2)3-6(4-7)5-8/h6H,3-5,8H2,1-2H3. The van der Waals surface area contributed by atoms with Crippen LogP contribution < -0.4 is 5.73 Å². The van der Waals surface area contributed by atoms with Crippen molar-refractivity contribution in [1.29, 1.82) is 0 Å². The Hall–Kier alpha value is -0.120. The van der Waals surface area contributed by atoms with E-state index in [0.29, 0.717) is 5.92 Å². The van der Waals surface area contributed by atoms with Crippen LogP contribution >= 0.6 is 0 Å². The zero-order valence-corrected chi connectivity index (χ0v) is 6.59. The molecule has 0 saturated heterocycles. The van der Waals surface area contributed by atoms with Crippen molar-refractivity contribution in [3.8, 4) is 0 Å². The minimum atomic E-state index is -0.302. The second kappa shape index (κ2) is 2.86. The predicted octanol–water partition coefficient (Wildman–Crippen LogP) is 0.344. The number of ether oxygens (including phenoxy) is 2. The highest BCUT2D eigenvalue weighted by molar-refractivity contribution is 4.88. The van der Waals surface area contributed by atoms with Crippen molar-refractivity contribution in [2.45, 2.75) is 18.6 Å². The Balaban J connectivity index is 2.31. The van der Waals surface area contributed by atoms with Crippen LogP contribution in [0.15, 0.2) is 0 Å². The van der Waals surface area contributed by atoms with Gasteiger partial charge < -0.3 is 15.2 Å². The van der Waals surface area contributed by atoms with Crippen molar-refractivity contribution in [2.75, 3.05) is 20.8 Å². The van der Waals surface area contributed by atoms with Crippen LogP contribution in [0.2, 0.25) is 0 Å². The van der Waals surface area contributed by atoms with Crippen molar-refractivity contribution < 1.29 is 9.47 Å². The molecular formula is C7H15NO2. The van der Waals surface area contributed by atoms with Crippen LogP contribution in [-0.2, 0) is 9.47 Å². The zero-order valence-electron chi connectivity index (χ0n) is 6.59. The Morgan fingerprint density at radius 3 is 2.20 bits per heavy atom. The van der Waals surface area contributed by atoms with E-state index in [4.69, 9.17) is 15.2 Å². The van der Waals surface area contributed by atoms with Crippen molar-refractivity contribution in [3.63, 3.8) is 0 Å². The molecule has 0 aromatic rings. The Kier molecular flexibility index (Phi) is 2.28. The Morgan fingerprint density at radius 2 is 1.90 bits per heavy atom. The zero-order chi connectivity index (χ0) is 7.61. The van der Waals surface area contributed by atoms with Crippen LogP contribution in [-0.4, -0.2) is 26.6 Å². The summed E-state index contributed by atoms with van der Waals surface area (Å²) in [5, 5.41) is 0. The molecule has 1 aliphatic carbocycles. The van der Waals surface area contributed by atoms with E-state index in [1.54, 1.807) is 14.2 Å². The van der Waals surface area contributed by atoms with Gasteiger partial charge in [0.1, 0.15) is 0 Å². The van der Waals surface area contributed by atoms with Crippen LogP contribution in [0.1, 0.15) is 12.8 Å². The third-order valence-corrected chi connectivity index (χ3v) is 2.28. The summed E-state index contributed by atoms with van der Waals surface area (Å²) in [6.07, 6.45) is 1.88. The van der Waals surface area contributed by atoms with Gasteiger partial charge in [-0.3, -0.25) is 0 Å². The normalized spacial score (nSPS) is 24.3. The fourth-order valence-electron chi connectivity index (χ4n) is 1.40. The van der Waals surface area contributed by atoms with Gasteiger partial charge in [-0.25, -0.2) is 0 Å². The van der Waals surface area contributed by atoms with Crippen LogP contribution in [0.5, 0.6) is 0 Å². The van der Waals surface area contributed by atoms with Gasteiger partial charge in [0.25, 0.3) is 0 Å². The molecular weight excluding hydrogens is 130 g/mol. The van der Waals surface area contributed by atoms with Gasteiger partial charge in [0.05, 0.1) is 0 Å². The maximum Gasteiger partial charge on any atom is 0.168 e. The molecule has 1 aliphatic rings. The molecule has 0 unspecified atom stereocenters.